The van der Waals surface area contributed by atoms with E-state index in [1.165, 1.54) is 23.2 Å². The molecule has 0 aliphatic carbocycles. The second-order valence-electron chi connectivity index (χ2n) is 5.58. The van der Waals surface area contributed by atoms with Crippen LogP contribution in [0.4, 0.5) is 5.69 Å². The predicted molar refractivity (Wildman–Crippen MR) is 83.4 cm³/mol. The fraction of sp³-hybridized carbons (Fsp3) is 0.333. The number of hydrogen-bond donors (Lipinski definition) is 1. The van der Waals surface area contributed by atoms with E-state index in [0.717, 1.165) is 13.1 Å². The van der Waals surface area contributed by atoms with Gasteiger partial charge in [0.15, 0.2) is 0 Å². The van der Waals surface area contributed by atoms with Crippen LogP contribution in [0.1, 0.15) is 10.4 Å². The molecular formula is C15H16N4O4. The molecule has 1 aromatic carbocycles. The van der Waals surface area contributed by atoms with Gasteiger partial charge in [0.25, 0.3) is 17.4 Å². The molecule has 2 heterocycles. The van der Waals surface area contributed by atoms with Crippen molar-refractivity contribution in [2.75, 3.05) is 33.2 Å². The SMILES string of the molecule is CN1CCN(C(=O)C(=O)c2c[nH]c3c([N+](=O)[O-])cccc23)CC1. The topological polar surface area (TPSA) is 99.6 Å². The zero-order chi connectivity index (χ0) is 16.6. The first-order valence-electron chi connectivity index (χ1n) is 7.25. The fourth-order valence-electron chi connectivity index (χ4n) is 2.75. The summed E-state index contributed by atoms with van der Waals surface area (Å²) in [7, 11) is 1.96. The number of para-hydroxylation sites is 1. The highest BCUT2D eigenvalue weighted by Gasteiger charge is 2.28. The van der Waals surface area contributed by atoms with Crippen molar-refractivity contribution in [2.45, 2.75) is 0 Å². The number of amides is 1. The standard InChI is InChI=1S/C15H16N4O4/c1-17-5-7-18(8-6-17)15(21)14(20)11-9-16-13-10(11)3-2-4-12(13)19(22)23/h2-4,9,16H,5-8H2,1H3. The van der Waals surface area contributed by atoms with Crippen LogP contribution in [0.5, 0.6) is 0 Å². The summed E-state index contributed by atoms with van der Waals surface area (Å²) in [5.41, 5.74) is 0.313. The Morgan fingerprint density at radius 3 is 2.57 bits per heavy atom. The van der Waals surface area contributed by atoms with Gasteiger partial charge in [0.05, 0.1) is 10.5 Å². The number of fused-ring (bicyclic) bond motifs is 1. The third kappa shape index (κ3) is 2.68. The lowest BCUT2D eigenvalue weighted by molar-refractivity contribution is -0.383. The molecule has 2 aromatic rings. The Morgan fingerprint density at radius 1 is 1.22 bits per heavy atom. The highest BCUT2D eigenvalue weighted by Crippen LogP contribution is 2.27. The quantitative estimate of drug-likeness (QED) is 0.394. The van der Waals surface area contributed by atoms with Gasteiger partial charge in [0, 0.05) is 43.8 Å². The zero-order valence-electron chi connectivity index (χ0n) is 12.6. The number of aromatic nitrogens is 1. The van der Waals surface area contributed by atoms with Gasteiger partial charge in [0.2, 0.25) is 0 Å². The van der Waals surface area contributed by atoms with Crippen LogP contribution in [-0.2, 0) is 4.79 Å². The van der Waals surface area contributed by atoms with Crippen LogP contribution < -0.4 is 0 Å². The minimum Gasteiger partial charge on any atom is -0.355 e. The summed E-state index contributed by atoms with van der Waals surface area (Å²) in [6.45, 7) is 2.45. The highest BCUT2D eigenvalue weighted by atomic mass is 16.6. The molecule has 8 heteroatoms. The van der Waals surface area contributed by atoms with Gasteiger partial charge in [-0.05, 0) is 7.05 Å². The lowest BCUT2D eigenvalue weighted by Crippen LogP contribution is -2.49. The van der Waals surface area contributed by atoms with Crippen molar-refractivity contribution in [3.63, 3.8) is 0 Å². The third-order valence-electron chi connectivity index (χ3n) is 4.12. The molecule has 0 spiro atoms. The number of rotatable bonds is 3. The van der Waals surface area contributed by atoms with E-state index < -0.39 is 16.6 Å². The summed E-state index contributed by atoms with van der Waals surface area (Å²) < 4.78 is 0. The summed E-state index contributed by atoms with van der Waals surface area (Å²) >= 11 is 0. The number of carbonyl (C=O) groups is 2. The van der Waals surface area contributed by atoms with E-state index >= 15 is 0 Å². The predicted octanol–water partition coefficient (Wildman–Crippen LogP) is 1.03. The molecule has 23 heavy (non-hydrogen) atoms. The van der Waals surface area contributed by atoms with Crippen LogP contribution in [-0.4, -0.2) is 64.6 Å². The maximum atomic E-state index is 12.5. The van der Waals surface area contributed by atoms with Crippen molar-refractivity contribution in [2.24, 2.45) is 0 Å². The number of benzene rings is 1. The normalized spacial score (nSPS) is 15.8. The molecule has 0 saturated carbocycles. The molecule has 1 aliphatic rings. The number of piperazine rings is 1. The lowest BCUT2D eigenvalue weighted by atomic mass is 10.1. The van der Waals surface area contributed by atoms with Crippen molar-refractivity contribution >= 4 is 28.3 Å². The number of aromatic amines is 1. The number of nitro benzene ring substituents is 1. The fourth-order valence-corrected chi connectivity index (χ4v) is 2.75. The van der Waals surface area contributed by atoms with E-state index in [0.29, 0.717) is 18.5 Å². The molecule has 120 valence electrons. The molecule has 1 fully saturated rings. The molecule has 0 atom stereocenters. The van der Waals surface area contributed by atoms with Crippen molar-refractivity contribution in [1.82, 2.24) is 14.8 Å². The van der Waals surface area contributed by atoms with E-state index in [4.69, 9.17) is 0 Å². The average Bonchev–Trinajstić information content (AvgIpc) is 2.98. The van der Waals surface area contributed by atoms with Crippen molar-refractivity contribution < 1.29 is 14.5 Å². The van der Waals surface area contributed by atoms with E-state index in [1.54, 1.807) is 6.07 Å². The number of H-pyrrole nitrogens is 1. The van der Waals surface area contributed by atoms with Crippen LogP contribution in [0.25, 0.3) is 10.9 Å². The van der Waals surface area contributed by atoms with E-state index in [-0.39, 0.29) is 16.8 Å². The first kappa shape index (κ1) is 15.2. The molecule has 1 saturated heterocycles. The summed E-state index contributed by atoms with van der Waals surface area (Å²) in [4.78, 5) is 41.7. The maximum absolute atomic E-state index is 12.5. The highest BCUT2D eigenvalue weighted by molar-refractivity contribution is 6.45. The summed E-state index contributed by atoms with van der Waals surface area (Å²) in [5, 5.41) is 11.4. The minimum absolute atomic E-state index is 0.117. The van der Waals surface area contributed by atoms with Gasteiger partial charge in [-0.25, -0.2) is 0 Å². The van der Waals surface area contributed by atoms with Gasteiger partial charge in [-0.2, -0.15) is 0 Å². The molecule has 0 unspecified atom stereocenters. The van der Waals surface area contributed by atoms with Crippen LogP contribution in [0, 0.1) is 10.1 Å². The lowest BCUT2D eigenvalue weighted by Gasteiger charge is -2.31. The monoisotopic (exact) mass is 316 g/mol. The number of nitrogens with zero attached hydrogens (tertiary/aromatic N) is 3. The van der Waals surface area contributed by atoms with Gasteiger partial charge >= 0.3 is 0 Å². The average molecular weight is 316 g/mol. The summed E-state index contributed by atoms with van der Waals surface area (Å²) in [6, 6.07) is 4.46. The van der Waals surface area contributed by atoms with Gasteiger partial charge < -0.3 is 14.8 Å². The van der Waals surface area contributed by atoms with Crippen LogP contribution in [0.3, 0.4) is 0 Å². The second kappa shape index (κ2) is 5.81. The number of carbonyl (C=O) groups excluding carboxylic acids is 2. The Balaban J connectivity index is 1.91. The van der Waals surface area contributed by atoms with Gasteiger partial charge in [0.1, 0.15) is 5.52 Å². The molecule has 1 amide bonds. The van der Waals surface area contributed by atoms with Crippen molar-refractivity contribution in [3.8, 4) is 0 Å². The van der Waals surface area contributed by atoms with E-state index in [9.17, 15) is 19.7 Å². The molecule has 1 aromatic heterocycles. The molecule has 1 N–H and O–H groups in total. The number of likely N-dealkylation sites (N-methyl/N-ethyl adjacent to an activating group) is 1. The number of Topliss-reactive ketones (excluding diaryl/α,β-unsaturated/α-hetero) is 1. The van der Waals surface area contributed by atoms with E-state index in [1.807, 2.05) is 7.05 Å². The number of hydrogen-bond acceptors (Lipinski definition) is 5. The molecule has 8 nitrogen and oxygen atoms in total. The van der Waals surface area contributed by atoms with Crippen LogP contribution >= 0.6 is 0 Å². The third-order valence-corrected chi connectivity index (χ3v) is 4.12. The van der Waals surface area contributed by atoms with Crippen LogP contribution in [0.15, 0.2) is 24.4 Å². The smallest absolute Gasteiger partial charge is 0.295 e. The molecule has 3 rings (SSSR count). The molecular weight excluding hydrogens is 300 g/mol. The Labute approximate surface area is 131 Å². The second-order valence-corrected chi connectivity index (χ2v) is 5.58. The number of nitrogens with one attached hydrogen (secondary N) is 1. The Morgan fingerprint density at radius 2 is 1.91 bits per heavy atom. The molecule has 0 radical (unpaired) electrons. The number of non-ortho nitro benzene ring substituents is 1. The zero-order valence-corrected chi connectivity index (χ0v) is 12.6. The van der Waals surface area contributed by atoms with Crippen molar-refractivity contribution in [3.05, 3.63) is 40.1 Å². The first-order valence-corrected chi connectivity index (χ1v) is 7.25. The molecule has 0 bridgehead atoms. The molecule has 1 aliphatic heterocycles. The Bertz CT molecular complexity index is 790. The summed E-state index contributed by atoms with van der Waals surface area (Å²) in [5.74, 6) is -1.20. The van der Waals surface area contributed by atoms with E-state index in [2.05, 4.69) is 9.88 Å². The maximum Gasteiger partial charge on any atom is 0.295 e. The van der Waals surface area contributed by atoms with Crippen molar-refractivity contribution in [1.29, 1.82) is 0 Å². The number of nitro groups is 1. The largest absolute Gasteiger partial charge is 0.355 e. The van der Waals surface area contributed by atoms with Crippen LogP contribution in [0.2, 0.25) is 0 Å². The Hall–Kier alpha value is -2.74. The number of ketones is 1. The van der Waals surface area contributed by atoms with Gasteiger partial charge in [-0.3, -0.25) is 19.7 Å². The summed E-state index contributed by atoms with van der Waals surface area (Å²) in [6.07, 6.45) is 1.37. The first-order chi connectivity index (χ1) is 11.0. The minimum atomic E-state index is -0.638. The Kier molecular flexibility index (Phi) is 3.83. The van der Waals surface area contributed by atoms with Gasteiger partial charge in [-0.15, -0.1) is 0 Å². The van der Waals surface area contributed by atoms with Gasteiger partial charge in [-0.1, -0.05) is 12.1 Å².